The Morgan fingerprint density at radius 3 is 2.13 bits per heavy atom. The number of aryl methyl sites for hydroxylation is 1. The van der Waals surface area contributed by atoms with Crippen LogP contribution in [0.3, 0.4) is 0 Å². The van der Waals surface area contributed by atoms with Crippen LogP contribution in [0, 0.1) is 17.0 Å². The molecule has 1 heterocycles. The number of benzene rings is 5. The van der Waals surface area contributed by atoms with Gasteiger partial charge in [0.15, 0.2) is 11.0 Å². The smallest absolute Gasteiger partial charge is 0.269 e. The number of nitro groups is 1. The zero-order valence-electron chi connectivity index (χ0n) is 25.1. The number of hydrogen-bond acceptors (Lipinski definition) is 6. The molecule has 1 amide bonds. The van der Waals surface area contributed by atoms with Gasteiger partial charge in [-0.25, -0.2) is 0 Å². The molecule has 1 aromatic heterocycles. The first-order valence-corrected chi connectivity index (χ1v) is 15.8. The molecular formula is C37H31N5O3S. The average molecular weight is 626 g/mol. The summed E-state index contributed by atoms with van der Waals surface area (Å²) in [5.74, 6) is 0.933. The first kappa shape index (κ1) is 30.5. The minimum atomic E-state index is -0.556. The fraction of sp³-hybridized carbons (Fsp3) is 0.108. The Morgan fingerprint density at radius 1 is 0.804 bits per heavy atom. The lowest BCUT2D eigenvalue weighted by atomic mass is 10.0. The Kier molecular flexibility index (Phi) is 9.31. The Labute approximate surface area is 271 Å². The molecule has 8 nitrogen and oxygen atoms in total. The van der Waals surface area contributed by atoms with E-state index in [-0.39, 0.29) is 11.6 Å². The molecule has 1 N–H and O–H groups in total. The van der Waals surface area contributed by atoms with E-state index in [2.05, 4.69) is 40.6 Å². The second-order valence-electron chi connectivity index (χ2n) is 10.9. The van der Waals surface area contributed by atoms with E-state index in [1.807, 2.05) is 95.6 Å². The minimum absolute atomic E-state index is 0.0135. The molecule has 0 aliphatic heterocycles. The molecule has 0 aliphatic rings. The van der Waals surface area contributed by atoms with Crippen LogP contribution in [-0.4, -0.2) is 25.6 Å². The van der Waals surface area contributed by atoms with Crippen molar-refractivity contribution in [1.82, 2.24) is 20.1 Å². The maximum atomic E-state index is 13.7. The lowest BCUT2D eigenvalue weighted by Crippen LogP contribution is -2.32. The Morgan fingerprint density at radius 2 is 1.46 bits per heavy atom. The van der Waals surface area contributed by atoms with Crippen molar-refractivity contribution in [3.63, 3.8) is 0 Å². The van der Waals surface area contributed by atoms with E-state index >= 15 is 0 Å². The van der Waals surface area contributed by atoms with Crippen molar-refractivity contribution < 1.29 is 9.72 Å². The predicted octanol–water partition coefficient (Wildman–Crippen LogP) is 8.16. The molecule has 46 heavy (non-hydrogen) atoms. The summed E-state index contributed by atoms with van der Waals surface area (Å²) in [5.41, 5.74) is 6.58. The first-order valence-electron chi connectivity index (χ1n) is 14.8. The van der Waals surface area contributed by atoms with Gasteiger partial charge in [0, 0.05) is 29.1 Å². The lowest BCUT2D eigenvalue weighted by Gasteiger charge is -2.20. The molecule has 0 fully saturated rings. The number of rotatable bonds is 11. The van der Waals surface area contributed by atoms with Gasteiger partial charge in [-0.1, -0.05) is 114 Å². The highest BCUT2D eigenvalue weighted by Gasteiger charge is 2.26. The van der Waals surface area contributed by atoms with Crippen LogP contribution in [0.2, 0.25) is 0 Å². The van der Waals surface area contributed by atoms with Gasteiger partial charge in [0.2, 0.25) is 0 Å². The molecule has 0 saturated carbocycles. The molecule has 1 unspecified atom stereocenters. The number of thioether (sulfide) groups is 1. The third-order valence-electron chi connectivity index (χ3n) is 7.58. The highest BCUT2D eigenvalue weighted by atomic mass is 32.2. The van der Waals surface area contributed by atoms with Crippen LogP contribution in [0.4, 0.5) is 5.69 Å². The molecule has 0 saturated heterocycles. The van der Waals surface area contributed by atoms with Crippen molar-refractivity contribution in [2.45, 2.75) is 30.3 Å². The molecule has 0 aliphatic carbocycles. The van der Waals surface area contributed by atoms with Crippen molar-refractivity contribution >= 4 is 23.4 Å². The number of nitrogens with zero attached hydrogens (tertiary/aromatic N) is 4. The molecule has 228 valence electrons. The molecule has 1 atom stereocenters. The summed E-state index contributed by atoms with van der Waals surface area (Å²) in [6.07, 6.45) is 0.461. The summed E-state index contributed by atoms with van der Waals surface area (Å²) in [7, 11) is 0. The van der Waals surface area contributed by atoms with Gasteiger partial charge in [-0.15, -0.1) is 10.2 Å². The molecule has 9 heteroatoms. The number of nitrogens with one attached hydrogen (secondary N) is 1. The molecule has 0 bridgehead atoms. The fourth-order valence-electron chi connectivity index (χ4n) is 5.26. The Hall–Kier alpha value is -5.54. The van der Waals surface area contributed by atoms with E-state index in [1.54, 1.807) is 12.1 Å². The molecule has 6 rings (SSSR count). The van der Waals surface area contributed by atoms with Crippen molar-refractivity contribution in [1.29, 1.82) is 0 Å². The SMILES string of the molecule is Cc1cccc(CSc2nnc(C(Cc3ccccc3)NC(=O)c3ccc(-c4ccccc4)cc3)n2-c2ccc([N+](=O)[O-])cc2)c1. The summed E-state index contributed by atoms with van der Waals surface area (Å²) < 4.78 is 1.89. The second-order valence-corrected chi connectivity index (χ2v) is 11.8. The highest BCUT2D eigenvalue weighted by Crippen LogP contribution is 2.30. The predicted molar refractivity (Wildman–Crippen MR) is 181 cm³/mol. The van der Waals surface area contributed by atoms with Crippen LogP contribution in [0.5, 0.6) is 0 Å². The third kappa shape index (κ3) is 7.22. The number of amides is 1. The summed E-state index contributed by atoms with van der Waals surface area (Å²) in [4.78, 5) is 24.7. The van der Waals surface area contributed by atoms with E-state index in [0.29, 0.717) is 34.4 Å². The van der Waals surface area contributed by atoms with Crippen LogP contribution in [0.25, 0.3) is 16.8 Å². The fourth-order valence-corrected chi connectivity index (χ4v) is 6.16. The highest BCUT2D eigenvalue weighted by molar-refractivity contribution is 7.98. The quantitative estimate of drug-likeness (QED) is 0.0885. The van der Waals surface area contributed by atoms with E-state index in [9.17, 15) is 14.9 Å². The van der Waals surface area contributed by atoms with E-state index in [1.165, 1.54) is 23.9 Å². The van der Waals surface area contributed by atoms with Crippen molar-refractivity contribution in [2.24, 2.45) is 0 Å². The molecule has 6 aromatic rings. The van der Waals surface area contributed by atoms with Crippen LogP contribution >= 0.6 is 11.8 Å². The summed E-state index contributed by atoms with van der Waals surface area (Å²) in [6, 6.07) is 41.4. The first-order chi connectivity index (χ1) is 22.4. The average Bonchev–Trinajstić information content (AvgIpc) is 3.52. The van der Waals surface area contributed by atoms with E-state index in [4.69, 9.17) is 0 Å². The van der Waals surface area contributed by atoms with Gasteiger partial charge in [-0.05, 0) is 59.9 Å². The van der Waals surface area contributed by atoms with Gasteiger partial charge in [0.1, 0.15) is 0 Å². The van der Waals surface area contributed by atoms with Gasteiger partial charge in [0.25, 0.3) is 11.6 Å². The summed E-state index contributed by atoms with van der Waals surface area (Å²) in [6.45, 7) is 2.05. The normalized spacial score (nSPS) is 11.6. The van der Waals surface area contributed by atoms with Crippen LogP contribution in [0.1, 0.15) is 38.9 Å². The number of non-ortho nitro benzene ring substituents is 1. The van der Waals surface area contributed by atoms with Crippen LogP contribution in [0.15, 0.2) is 139 Å². The summed E-state index contributed by atoms with van der Waals surface area (Å²) in [5, 5.41) is 24.4. The number of aromatic nitrogens is 3. The van der Waals surface area contributed by atoms with E-state index < -0.39 is 11.0 Å². The maximum Gasteiger partial charge on any atom is 0.269 e. The number of nitro benzene ring substituents is 1. The Bertz CT molecular complexity index is 1940. The number of carbonyl (C=O) groups is 1. The van der Waals surface area contributed by atoms with Crippen molar-refractivity contribution in [2.75, 3.05) is 0 Å². The monoisotopic (exact) mass is 625 g/mol. The van der Waals surface area contributed by atoms with Crippen molar-refractivity contribution in [3.8, 4) is 16.8 Å². The lowest BCUT2D eigenvalue weighted by molar-refractivity contribution is -0.384. The number of hydrogen-bond donors (Lipinski definition) is 1. The van der Waals surface area contributed by atoms with Gasteiger partial charge < -0.3 is 5.32 Å². The van der Waals surface area contributed by atoms with Crippen LogP contribution in [-0.2, 0) is 12.2 Å². The molecule has 0 spiro atoms. The Balaban J connectivity index is 1.36. The topological polar surface area (TPSA) is 103 Å². The zero-order chi connectivity index (χ0) is 31.9. The largest absolute Gasteiger partial charge is 0.342 e. The second kappa shape index (κ2) is 14.0. The minimum Gasteiger partial charge on any atom is -0.342 e. The van der Waals surface area contributed by atoms with Gasteiger partial charge >= 0.3 is 0 Å². The maximum absolute atomic E-state index is 13.7. The zero-order valence-corrected chi connectivity index (χ0v) is 25.9. The van der Waals surface area contributed by atoms with Gasteiger partial charge in [-0.3, -0.25) is 19.5 Å². The van der Waals surface area contributed by atoms with Gasteiger partial charge in [-0.2, -0.15) is 0 Å². The van der Waals surface area contributed by atoms with Crippen LogP contribution < -0.4 is 5.32 Å². The molecular weight excluding hydrogens is 595 g/mol. The third-order valence-corrected chi connectivity index (χ3v) is 8.58. The number of carbonyl (C=O) groups excluding carboxylic acids is 1. The molecule has 0 radical (unpaired) electrons. The standard InChI is InChI=1S/C37H31N5O3S/c1-26-9-8-12-28(23-26)25-46-37-40-39-35(41(37)32-19-21-33(22-20-32)42(44)45)34(24-27-10-4-2-5-11-27)38-36(43)31-17-15-30(16-18-31)29-13-6-3-7-14-29/h2-23,34H,24-25H2,1H3,(H,38,43). The summed E-state index contributed by atoms with van der Waals surface area (Å²) >= 11 is 1.52. The van der Waals surface area contributed by atoms with Gasteiger partial charge in [0.05, 0.1) is 11.0 Å². The van der Waals surface area contributed by atoms with Crippen molar-refractivity contribution in [3.05, 3.63) is 172 Å². The molecule has 5 aromatic carbocycles. The van der Waals surface area contributed by atoms with E-state index in [0.717, 1.165) is 27.8 Å².